The molecule has 2 aromatic rings. The molecule has 0 aromatic heterocycles. The van der Waals surface area contributed by atoms with Crippen molar-refractivity contribution in [3.05, 3.63) is 52.8 Å². The molecule has 24 heavy (non-hydrogen) atoms. The molecule has 5 nitrogen and oxygen atoms in total. The van der Waals surface area contributed by atoms with Crippen LogP contribution in [0.2, 0.25) is 0 Å². The number of fused-ring (bicyclic) bond motifs is 1. The minimum Gasteiger partial charge on any atom is -0.496 e. The summed E-state index contributed by atoms with van der Waals surface area (Å²) in [5, 5.41) is 19.4. The summed E-state index contributed by atoms with van der Waals surface area (Å²) in [6, 6.07) is 9.73. The minimum absolute atomic E-state index is 0.222. The SMILES string of the molecule is COc1ccc(OC)c2c1CN(c1ccc(C#N)cc1F)CC2O. The molecule has 0 fully saturated rings. The molecule has 1 heterocycles. The number of benzene rings is 2. The third kappa shape index (κ3) is 2.63. The maximum absolute atomic E-state index is 14.3. The Morgan fingerprint density at radius 3 is 2.54 bits per heavy atom. The van der Waals surface area contributed by atoms with Crippen molar-refractivity contribution in [3.63, 3.8) is 0 Å². The molecule has 124 valence electrons. The first-order chi connectivity index (χ1) is 11.6. The average Bonchev–Trinajstić information content (AvgIpc) is 2.60. The highest BCUT2D eigenvalue weighted by atomic mass is 19.1. The van der Waals surface area contributed by atoms with E-state index in [0.717, 1.165) is 5.56 Å². The van der Waals surface area contributed by atoms with E-state index in [9.17, 15) is 9.50 Å². The summed E-state index contributed by atoms with van der Waals surface area (Å²) in [5.74, 6) is 0.702. The van der Waals surface area contributed by atoms with Gasteiger partial charge in [-0.1, -0.05) is 0 Å². The molecule has 6 heteroatoms. The van der Waals surface area contributed by atoms with E-state index in [0.29, 0.717) is 29.3 Å². The van der Waals surface area contributed by atoms with E-state index in [1.165, 1.54) is 6.07 Å². The second kappa shape index (κ2) is 6.38. The van der Waals surface area contributed by atoms with E-state index in [1.54, 1.807) is 43.4 Å². The van der Waals surface area contributed by atoms with Gasteiger partial charge >= 0.3 is 0 Å². The molecule has 1 unspecified atom stereocenters. The van der Waals surface area contributed by atoms with Crippen molar-refractivity contribution in [1.29, 1.82) is 5.26 Å². The van der Waals surface area contributed by atoms with Crippen molar-refractivity contribution in [2.24, 2.45) is 0 Å². The normalized spacial score (nSPS) is 16.3. The summed E-state index contributed by atoms with van der Waals surface area (Å²) in [7, 11) is 3.09. The first-order valence-electron chi connectivity index (χ1n) is 7.45. The summed E-state index contributed by atoms with van der Waals surface area (Å²) >= 11 is 0. The van der Waals surface area contributed by atoms with E-state index in [-0.39, 0.29) is 12.1 Å². The fraction of sp³-hybridized carbons (Fsp3) is 0.278. The molecule has 1 atom stereocenters. The number of ether oxygens (including phenoxy) is 2. The van der Waals surface area contributed by atoms with Crippen LogP contribution in [0.3, 0.4) is 0 Å². The van der Waals surface area contributed by atoms with Crippen molar-refractivity contribution < 1.29 is 19.0 Å². The van der Waals surface area contributed by atoms with E-state index < -0.39 is 11.9 Å². The Kier molecular flexibility index (Phi) is 4.28. The zero-order valence-electron chi connectivity index (χ0n) is 13.4. The lowest BCUT2D eigenvalue weighted by Crippen LogP contribution is -2.34. The fourth-order valence-electron chi connectivity index (χ4n) is 3.09. The first-order valence-corrected chi connectivity index (χ1v) is 7.45. The number of hydrogen-bond donors (Lipinski definition) is 1. The number of rotatable bonds is 3. The van der Waals surface area contributed by atoms with Crippen LogP contribution in [0.25, 0.3) is 0 Å². The minimum atomic E-state index is -0.839. The van der Waals surface area contributed by atoms with Gasteiger partial charge in [-0.3, -0.25) is 0 Å². The standard InChI is InChI=1S/C18H17FN2O3/c1-23-16-5-6-17(24-2)18-12(16)9-21(10-15(18)22)14-4-3-11(8-20)7-13(14)19/h3-7,15,22H,9-10H2,1-2H3. The Morgan fingerprint density at radius 2 is 1.92 bits per heavy atom. The van der Waals surface area contributed by atoms with Crippen LogP contribution in [-0.2, 0) is 6.54 Å². The van der Waals surface area contributed by atoms with Crippen LogP contribution in [0.1, 0.15) is 22.8 Å². The largest absolute Gasteiger partial charge is 0.496 e. The zero-order valence-corrected chi connectivity index (χ0v) is 13.4. The van der Waals surface area contributed by atoms with E-state index in [1.807, 2.05) is 6.07 Å². The van der Waals surface area contributed by atoms with E-state index >= 15 is 0 Å². The van der Waals surface area contributed by atoms with Crippen molar-refractivity contribution in [3.8, 4) is 17.6 Å². The molecular weight excluding hydrogens is 311 g/mol. The molecule has 0 aliphatic carbocycles. The van der Waals surface area contributed by atoms with Gasteiger partial charge in [0.2, 0.25) is 0 Å². The molecular formula is C18H17FN2O3. The molecule has 3 rings (SSSR count). The van der Waals surface area contributed by atoms with Crippen LogP contribution in [0.15, 0.2) is 30.3 Å². The van der Waals surface area contributed by atoms with Gasteiger partial charge < -0.3 is 19.5 Å². The van der Waals surface area contributed by atoms with Gasteiger partial charge in [0, 0.05) is 24.2 Å². The third-order valence-corrected chi connectivity index (χ3v) is 4.21. The molecule has 0 spiro atoms. The first kappa shape index (κ1) is 16.1. The van der Waals surface area contributed by atoms with Crippen molar-refractivity contribution in [2.45, 2.75) is 12.6 Å². The highest BCUT2D eigenvalue weighted by Gasteiger charge is 2.30. The molecule has 1 aliphatic heterocycles. The number of nitriles is 1. The maximum atomic E-state index is 14.3. The van der Waals surface area contributed by atoms with E-state index in [2.05, 4.69) is 0 Å². The van der Waals surface area contributed by atoms with Crippen molar-refractivity contribution in [2.75, 3.05) is 25.7 Å². The number of hydrogen-bond acceptors (Lipinski definition) is 5. The van der Waals surface area contributed by atoms with E-state index in [4.69, 9.17) is 14.7 Å². The number of β-amino-alcohol motifs (C(OH)–C–C–N with tert-alkyl or cyclic N) is 1. The van der Waals surface area contributed by atoms with Gasteiger partial charge in [-0.25, -0.2) is 4.39 Å². The van der Waals surface area contributed by atoms with Gasteiger partial charge in [-0.05, 0) is 30.3 Å². The van der Waals surface area contributed by atoms with Gasteiger partial charge in [-0.15, -0.1) is 0 Å². The molecule has 0 amide bonds. The molecule has 0 saturated carbocycles. The second-order valence-electron chi connectivity index (χ2n) is 5.54. The molecule has 2 aromatic carbocycles. The number of aliphatic hydroxyl groups is 1. The molecule has 1 N–H and O–H groups in total. The van der Waals surface area contributed by atoms with Crippen molar-refractivity contribution >= 4 is 5.69 Å². The van der Waals surface area contributed by atoms with Crippen LogP contribution in [0.5, 0.6) is 11.5 Å². The second-order valence-corrected chi connectivity index (χ2v) is 5.54. The van der Waals surface area contributed by atoms with Gasteiger partial charge in [0.25, 0.3) is 0 Å². The fourth-order valence-corrected chi connectivity index (χ4v) is 3.09. The van der Waals surface area contributed by atoms with Gasteiger partial charge in [0.1, 0.15) is 23.4 Å². The number of halogens is 1. The zero-order chi connectivity index (χ0) is 17.3. The molecule has 0 bridgehead atoms. The maximum Gasteiger partial charge on any atom is 0.147 e. The summed E-state index contributed by atoms with van der Waals surface area (Å²) in [5.41, 5.74) is 2.03. The summed E-state index contributed by atoms with van der Waals surface area (Å²) < 4.78 is 25.0. The van der Waals surface area contributed by atoms with Gasteiger partial charge in [0.15, 0.2) is 0 Å². The number of methoxy groups -OCH3 is 2. The number of aliphatic hydroxyl groups excluding tert-OH is 1. The molecule has 0 saturated heterocycles. The van der Waals surface area contributed by atoms with Gasteiger partial charge in [-0.2, -0.15) is 5.26 Å². The lowest BCUT2D eigenvalue weighted by molar-refractivity contribution is 0.169. The average molecular weight is 328 g/mol. The summed E-state index contributed by atoms with van der Waals surface area (Å²) in [4.78, 5) is 1.73. The van der Waals surface area contributed by atoms with Crippen molar-refractivity contribution in [1.82, 2.24) is 0 Å². The lowest BCUT2D eigenvalue weighted by Gasteiger charge is -2.35. The van der Waals surface area contributed by atoms with Crippen LogP contribution >= 0.6 is 0 Å². The highest BCUT2D eigenvalue weighted by Crippen LogP contribution is 2.41. The molecule has 0 radical (unpaired) electrons. The monoisotopic (exact) mass is 328 g/mol. The van der Waals surface area contributed by atoms with Crippen LogP contribution < -0.4 is 14.4 Å². The Bertz CT molecular complexity index is 817. The Balaban J connectivity index is 2.05. The number of anilines is 1. The smallest absolute Gasteiger partial charge is 0.147 e. The van der Waals surface area contributed by atoms with Crippen LogP contribution in [-0.4, -0.2) is 25.9 Å². The number of nitrogens with zero attached hydrogens (tertiary/aromatic N) is 2. The lowest BCUT2D eigenvalue weighted by atomic mass is 9.94. The highest BCUT2D eigenvalue weighted by molar-refractivity contribution is 5.58. The molecule has 1 aliphatic rings. The van der Waals surface area contributed by atoms with Crippen LogP contribution in [0.4, 0.5) is 10.1 Å². The predicted octanol–water partition coefficient (Wildman–Crippen LogP) is 2.77. The Morgan fingerprint density at radius 1 is 1.21 bits per heavy atom. The summed E-state index contributed by atoms with van der Waals surface area (Å²) in [6.07, 6.45) is -0.839. The Hall–Kier alpha value is -2.78. The third-order valence-electron chi connectivity index (χ3n) is 4.21. The summed E-state index contributed by atoms with van der Waals surface area (Å²) in [6.45, 7) is 0.592. The quantitative estimate of drug-likeness (QED) is 0.938. The topological polar surface area (TPSA) is 65.7 Å². The predicted molar refractivity (Wildman–Crippen MR) is 86.7 cm³/mol. The van der Waals surface area contributed by atoms with Gasteiger partial charge in [0.05, 0.1) is 31.5 Å². The van der Waals surface area contributed by atoms with Crippen LogP contribution in [0, 0.1) is 17.1 Å². The Labute approximate surface area is 139 Å².